The van der Waals surface area contributed by atoms with Gasteiger partial charge in [-0.2, -0.15) is 0 Å². The number of nitrogens with zero attached hydrogens (tertiary/aromatic N) is 3. The SMILES string of the molecule is CCN(Cc1ccccc1)c1nc(C(C)C)nc2ccccc12. The molecule has 0 saturated carbocycles. The molecule has 118 valence electrons. The van der Waals surface area contributed by atoms with Crippen molar-refractivity contribution in [2.24, 2.45) is 0 Å². The summed E-state index contributed by atoms with van der Waals surface area (Å²) in [6, 6.07) is 18.8. The van der Waals surface area contributed by atoms with E-state index in [2.05, 4.69) is 74.2 Å². The van der Waals surface area contributed by atoms with E-state index in [9.17, 15) is 0 Å². The zero-order valence-electron chi connectivity index (χ0n) is 14.0. The maximum absolute atomic E-state index is 4.88. The average molecular weight is 305 g/mol. The first-order valence-corrected chi connectivity index (χ1v) is 8.24. The number of hydrogen-bond acceptors (Lipinski definition) is 3. The maximum Gasteiger partial charge on any atom is 0.140 e. The highest BCUT2D eigenvalue weighted by molar-refractivity contribution is 5.89. The van der Waals surface area contributed by atoms with Crippen LogP contribution >= 0.6 is 0 Å². The van der Waals surface area contributed by atoms with Gasteiger partial charge in [0.05, 0.1) is 5.52 Å². The number of fused-ring (bicyclic) bond motifs is 1. The minimum Gasteiger partial charge on any atom is -0.352 e. The van der Waals surface area contributed by atoms with Gasteiger partial charge in [-0.25, -0.2) is 9.97 Å². The van der Waals surface area contributed by atoms with E-state index in [-0.39, 0.29) is 0 Å². The van der Waals surface area contributed by atoms with E-state index < -0.39 is 0 Å². The third-order valence-electron chi connectivity index (χ3n) is 4.01. The van der Waals surface area contributed by atoms with Crippen molar-refractivity contribution in [3.8, 4) is 0 Å². The Hall–Kier alpha value is -2.42. The van der Waals surface area contributed by atoms with Crippen LogP contribution in [-0.4, -0.2) is 16.5 Å². The second-order valence-corrected chi connectivity index (χ2v) is 6.08. The lowest BCUT2D eigenvalue weighted by molar-refractivity contribution is 0.758. The van der Waals surface area contributed by atoms with Crippen molar-refractivity contribution in [3.63, 3.8) is 0 Å². The summed E-state index contributed by atoms with van der Waals surface area (Å²) >= 11 is 0. The summed E-state index contributed by atoms with van der Waals surface area (Å²) < 4.78 is 0. The molecule has 2 aromatic carbocycles. The van der Waals surface area contributed by atoms with Crippen LogP contribution in [0.25, 0.3) is 10.9 Å². The van der Waals surface area contributed by atoms with Crippen molar-refractivity contribution in [2.75, 3.05) is 11.4 Å². The third kappa shape index (κ3) is 3.34. The predicted octanol–water partition coefficient (Wildman–Crippen LogP) is 4.78. The molecule has 1 aromatic heterocycles. The van der Waals surface area contributed by atoms with Crippen molar-refractivity contribution in [1.29, 1.82) is 0 Å². The zero-order chi connectivity index (χ0) is 16.2. The maximum atomic E-state index is 4.88. The summed E-state index contributed by atoms with van der Waals surface area (Å²) in [4.78, 5) is 11.9. The Labute approximate surface area is 138 Å². The van der Waals surface area contributed by atoms with Crippen LogP contribution in [-0.2, 0) is 6.54 Å². The molecule has 3 heteroatoms. The standard InChI is InChI=1S/C20H23N3/c1-4-23(14-16-10-6-5-7-11-16)20-17-12-8-9-13-18(17)21-19(22-20)15(2)3/h5-13,15H,4,14H2,1-3H3. The summed E-state index contributed by atoms with van der Waals surface area (Å²) in [7, 11) is 0. The lowest BCUT2D eigenvalue weighted by Gasteiger charge is -2.24. The predicted molar refractivity (Wildman–Crippen MR) is 96.8 cm³/mol. The number of rotatable bonds is 5. The monoisotopic (exact) mass is 305 g/mol. The van der Waals surface area contributed by atoms with Crippen LogP contribution in [0.15, 0.2) is 54.6 Å². The molecular weight excluding hydrogens is 282 g/mol. The normalized spacial score (nSPS) is 11.1. The summed E-state index contributed by atoms with van der Waals surface area (Å²) in [5, 5.41) is 1.12. The molecule has 1 heterocycles. The fraction of sp³-hybridized carbons (Fsp3) is 0.300. The van der Waals surface area contributed by atoms with Crippen LogP contribution in [0.2, 0.25) is 0 Å². The van der Waals surface area contributed by atoms with Gasteiger partial charge in [0, 0.05) is 24.4 Å². The molecule has 0 bridgehead atoms. The highest BCUT2D eigenvalue weighted by atomic mass is 15.2. The second kappa shape index (κ2) is 6.78. The van der Waals surface area contributed by atoms with Gasteiger partial charge in [0.15, 0.2) is 0 Å². The smallest absolute Gasteiger partial charge is 0.140 e. The molecule has 0 unspecified atom stereocenters. The van der Waals surface area contributed by atoms with E-state index in [1.54, 1.807) is 0 Å². The summed E-state index contributed by atoms with van der Waals surface area (Å²) in [6.07, 6.45) is 0. The molecule has 0 atom stereocenters. The molecule has 3 rings (SSSR count). The Kier molecular flexibility index (Phi) is 4.56. The lowest BCUT2D eigenvalue weighted by Crippen LogP contribution is -2.24. The Morgan fingerprint density at radius 3 is 2.30 bits per heavy atom. The van der Waals surface area contributed by atoms with Gasteiger partial charge in [-0.05, 0) is 24.6 Å². The lowest BCUT2D eigenvalue weighted by atomic mass is 10.1. The largest absolute Gasteiger partial charge is 0.352 e. The quantitative estimate of drug-likeness (QED) is 0.679. The topological polar surface area (TPSA) is 29.0 Å². The molecule has 0 spiro atoms. The summed E-state index contributed by atoms with van der Waals surface area (Å²) in [6.45, 7) is 8.22. The van der Waals surface area contributed by atoms with Gasteiger partial charge >= 0.3 is 0 Å². The minimum absolute atomic E-state index is 0.314. The Bertz CT molecular complexity index is 781. The Balaban J connectivity index is 2.08. The van der Waals surface area contributed by atoms with Gasteiger partial charge in [-0.3, -0.25) is 0 Å². The van der Waals surface area contributed by atoms with E-state index in [1.807, 2.05) is 6.07 Å². The van der Waals surface area contributed by atoms with Crippen molar-refractivity contribution < 1.29 is 0 Å². The van der Waals surface area contributed by atoms with Crippen molar-refractivity contribution in [1.82, 2.24) is 9.97 Å². The molecule has 0 aliphatic carbocycles. The number of benzene rings is 2. The van der Waals surface area contributed by atoms with Crippen molar-refractivity contribution in [2.45, 2.75) is 33.2 Å². The van der Waals surface area contributed by atoms with Crippen LogP contribution in [0.4, 0.5) is 5.82 Å². The molecule has 0 fully saturated rings. The van der Waals surface area contributed by atoms with Crippen LogP contribution < -0.4 is 4.90 Å². The van der Waals surface area contributed by atoms with Crippen LogP contribution in [0.5, 0.6) is 0 Å². The van der Waals surface area contributed by atoms with Gasteiger partial charge in [0.25, 0.3) is 0 Å². The minimum atomic E-state index is 0.314. The first-order chi connectivity index (χ1) is 11.2. The number of aromatic nitrogens is 2. The van der Waals surface area contributed by atoms with E-state index in [4.69, 9.17) is 9.97 Å². The average Bonchev–Trinajstić information content (AvgIpc) is 2.59. The van der Waals surface area contributed by atoms with Crippen LogP contribution in [0.3, 0.4) is 0 Å². The number of hydrogen-bond donors (Lipinski definition) is 0. The fourth-order valence-electron chi connectivity index (χ4n) is 2.72. The molecule has 0 aliphatic rings. The first-order valence-electron chi connectivity index (χ1n) is 8.24. The van der Waals surface area contributed by atoms with Crippen LogP contribution in [0, 0.1) is 0 Å². The molecule has 0 N–H and O–H groups in total. The summed E-state index contributed by atoms with van der Waals surface area (Å²) in [5.74, 6) is 2.25. The van der Waals surface area contributed by atoms with E-state index >= 15 is 0 Å². The highest BCUT2D eigenvalue weighted by Crippen LogP contribution is 2.27. The van der Waals surface area contributed by atoms with E-state index in [1.165, 1.54) is 5.56 Å². The van der Waals surface area contributed by atoms with Gasteiger partial charge in [0.1, 0.15) is 11.6 Å². The Morgan fingerprint density at radius 2 is 1.61 bits per heavy atom. The van der Waals surface area contributed by atoms with Crippen molar-refractivity contribution >= 4 is 16.7 Å². The number of anilines is 1. The van der Waals surface area contributed by atoms with Gasteiger partial charge in [0.2, 0.25) is 0 Å². The molecule has 23 heavy (non-hydrogen) atoms. The van der Waals surface area contributed by atoms with Crippen molar-refractivity contribution in [3.05, 3.63) is 66.0 Å². The molecule has 0 radical (unpaired) electrons. The van der Waals surface area contributed by atoms with E-state index in [0.29, 0.717) is 5.92 Å². The van der Waals surface area contributed by atoms with Gasteiger partial charge in [-0.1, -0.05) is 56.3 Å². The van der Waals surface area contributed by atoms with E-state index in [0.717, 1.165) is 35.6 Å². The molecule has 0 aliphatic heterocycles. The molecule has 0 amide bonds. The Morgan fingerprint density at radius 1 is 0.913 bits per heavy atom. The zero-order valence-corrected chi connectivity index (χ0v) is 14.0. The number of para-hydroxylation sites is 1. The molecular formula is C20H23N3. The molecule has 3 aromatic rings. The first kappa shape index (κ1) is 15.5. The third-order valence-corrected chi connectivity index (χ3v) is 4.01. The molecule has 0 saturated heterocycles. The fourth-order valence-corrected chi connectivity index (χ4v) is 2.72. The highest BCUT2D eigenvalue weighted by Gasteiger charge is 2.15. The van der Waals surface area contributed by atoms with Crippen LogP contribution in [0.1, 0.15) is 38.1 Å². The second-order valence-electron chi connectivity index (χ2n) is 6.08. The van der Waals surface area contributed by atoms with Gasteiger partial charge < -0.3 is 4.90 Å². The summed E-state index contributed by atoms with van der Waals surface area (Å²) in [5.41, 5.74) is 2.32. The van der Waals surface area contributed by atoms with Gasteiger partial charge in [-0.15, -0.1) is 0 Å². The molecule has 3 nitrogen and oxygen atoms in total.